The van der Waals surface area contributed by atoms with Gasteiger partial charge in [0.1, 0.15) is 5.75 Å². The van der Waals surface area contributed by atoms with Crippen LogP contribution in [0.3, 0.4) is 0 Å². The van der Waals surface area contributed by atoms with E-state index in [0.717, 1.165) is 16.5 Å². The second-order valence-electron chi connectivity index (χ2n) is 5.10. The third-order valence-corrected chi connectivity index (χ3v) is 3.72. The van der Waals surface area contributed by atoms with E-state index < -0.39 is 0 Å². The van der Waals surface area contributed by atoms with Crippen LogP contribution in [0.5, 0.6) is 5.75 Å². The van der Waals surface area contributed by atoms with Crippen molar-refractivity contribution in [2.45, 2.75) is 13.8 Å². The Balaban J connectivity index is 1.97. The number of amides is 1. The van der Waals surface area contributed by atoms with Crippen LogP contribution in [0, 0.1) is 13.8 Å². The second kappa shape index (κ2) is 4.98. The van der Waals surface area contributed by atoms with Gasteiger partial charge in [0.25, 0.3) is 5.91 Å². The van der Waals surface area contributed by atoms with Gasteiger partial charge in [0.2, 0.25) is 0 Å². The van der Waals surface area contributed by atoms with E-state index in [0.29, 0.717) is 16.8 Å². The maximum absolute atomic E-state index is 12.5. The molecule has 0 bridgehead atoms. The quantitative estimate of drug-likeness (QED) is 0.669. The SMILES string of the molecule is Cc1ccc(NC(=O)c2cccc3[nH]ccc23)c(C)c1O. The molecule has 4 nitrogen and oxygen atoms in total. The molecule has 0 saturated heterocycles. The average molecular weight is 280 g/mol. The van der Waals surface area contributed by atoms with Crippen LogP contribution in [0.2, 0.25) is 0 Å². The maximum atomic E-state index is 12.5. The summed E-state index contributed by atoms with van der Waals surface area (Å²) >= 11 is 0. The fourth-order valence-electron chi connectivity index (χ4n) is 2.44. The van der Waals surface area contributed by atoms with Gasteiger partial charge >= 0.3 is 0 Å². The van der Waals surface area contributed by atoms with Crippen molar-refractivity contribution in [1.29, 1.82) is 0 Å². The van der Waals surface area contributed by atoms with E-state index in [-0.39, 0.29) is 11.7 Å². The number of hydrogen-bond acceptors (Lipinski definition) is 2. The number of anilines is 1. The number of phenolic OH excluding ortho intramolecular Hbond substituents is 1. The number of carbonyl (C=O) groups excluding carboxylic acids is 1. The number of fused-ring (bicyclic) bond motifs is 1. The highest BCUT2D eigenvalue weighted by Gasteiger charge is 2.13. The number of H-pyrrole nitrogens is 1. The molecular formula is C17H16N2O2. The van der Waals surface area contributed by atoms with Gasteiger partial charge in [-0.05, 0) is 43.7 Å². The topological polar surface area (TPSA) is 65.1 Å². The first kappa shape index (κ1) is 13.2. The summed E-state index contributed by atoms with van der Waals surface area (Å²) in [6.45, 7) is 3.61. The van der Waals surface area contributed by atoms with E-state index in [1.807, 2.05) is 31.3 Å². The average Bonchev–Trinajstić information content (AvgIpc) is 2.96. The molecule has 3 N–H and O–H groups in total. The van der Waals surface area contributed by atoms with Gasteiger partial charge in [-0.3, -0.25) is 4.79 Å². The van der Waals surface area contributed by atoms with Gasteiger partial charge in [-0.1, -0.05) is 12.1 Å². The Bertz CT molecular complexity index is 834. The first-order valence-electron chi connectivity index (χ1n) is 6.74. The molecular weight excluding hydrogens is 264 g/mol. The van der Waals surface area contributed by atoms with Gasteiger partial charge in [0.15, 0.2) is 0 Å². The molecule has 4 heteroatoms. The van der Waals surface area contributed by atoms with Crippen molar-refractivity contribution in [2.24, 2.45) is 0 Å². The van der Waals surface area contributed by atoms with Crippen LogP contribution in [0.15, 0.2) is 42.6 Å². The highest BCUT2D eigenvalue weighted by molar-refractivity contribution is 6.12. The molecule has 0 unspecified atom stereocenters. The molecule has 1 heterocycles. The minimum absolute atomic E-state index is 0.188. The van der Waals surface area contributed by atoms with E-state index in [9.17, 15) is 9.90 Å². The zero-order valence-corrected chi connectivity index (χ0v) is 11.9. The Hall–Kier alpha value is -2.75. The predicted octanol–water partition coefficient (Wildman–Crippen LogP) is 3.74. The molecule has 0 spiro atoms. The number of aromatic nitrogens is 1. The first-order valence-corrected chi connectivity index (χ1v) is 6.74. The molecule has 0 aliphatic rings. The van der Waals surface area contributed by atoms with Crippen LogP contribution in [0.25, 0.3) is 10.9 Å². The number of phenols is 1. The van der Waals surface area contributed by atoms with E-state index in [2.05, 4.69) is 10.3 Å². The van der Waals surface area contributed by atoms with Crippen molar-refractivity contribution >= 4 is 22.5 Å². The lowest BCUT2D eigenvalue weighted by molar-refractivity contribution is 0.102. The molecule has 106 valence electrons. The molecule has 3 aromatic rings. The van der Waals surface area contributed by atoms with E-state index in [1.165, 1.54) is 0 Å². The minimum Gasteiger partial charge on any atom is -0.507 e. The van der Waals surface area contributed by atoms with Crippen LogP contribution < -0.4 is 5.32 Å². The summed E-state index contributed by atoms with van der Waals surface area (Å²) in [5, 5.41) is 13.7. The summed E-state index contributed by atoms with van der Waals surface area (Å²) in [5.74, 6) is 0.0270. The van der Waals surface area contributed by atoms with Crippen molar-refractivity contribution in [2.75, 3.05) is 5.32 Å². The smallest absolute Gasteiger partial charge is 0.256 e. The molecule has 0 aliphatic carbocycles. The lowest BCUT2D eigenvalue weighted by Gasteiger charge is -2.12. The molecule has 0 fully saturated rings. The van der Waals surface area contributed by atoms with Gasteiger partial charge in [-0.2, -0.15) is 0 Å². The maximum Gasteiger partial charge on any atom is 0.256 e. The van der Waals surface area contributed by atoms with Crippen LogP contribution in [-0.4, -0.2) is 16.0 Å². The predicted molar refractivity (Wildman–Crippen MR) is 83.8 cm³/mol. The Kier molecular flexibility index (Phi) is 3.14. The summed E-state index contributed by atoms with van der Waals surface area (Å²) < 4.78 is 0. The Morgan fingerprint density at radius 1 is 1.14 bits per heavy atom. The van der Waals surface area contributed by atoms with Gasteiger partial charge < -0.3 is 15.4 Å². The van der Waals surface area contributed by atoms with Crippen LogP contribution in [0.4, 0.5) is 5.69 Å². The van der Waals surface area contributed by atoms with Gasteiger partial charge in [0, 0.05) is 33.9 Å². The normalized spacial score (nSPS) is 10.8. The molecule has 21 heavy (non-hydrogen) atoms. The number of benzene rings is 2. The van der Waals surface area contributed by atoms with Crippen LogP contribution in [-0.2, 0) is 0 Å². The number of aromatic amines is 1. The highest BCUT2D eigenvalue weighted by atomic mass is 16.3. The van der Waals surface area contributed by atoms with Gasteiger partial charge in [-0.15, -0.1) is 0 Å². The molecule has 0 radical (unpaired) electrons. The molecule has 3 rings (SSSR count). The molecule has 0 atom stereocenters. The molecule has 1 aromatic heterocycles. The fourth-order valence-corrected chi connectivity index (χ4v) is 2.44. The molecule has 2 aromatic carbocycles. The summed E-state index contributed by atoms with van der Waals surface area (Å²) in [6, 6.07) is 11.0. The summed E-state index contributed by atoms with van der Waals surface area (Å²) in [6.07, 6.45) is 1.81. The molecule has 0 aliphatic heterocycles. The van der Waals surface area contributed by atoms with E-state index >= 15 is 0 Å². The van der Waals surface area contributed by atoms with Crippen molar-refractivity contribution in [3.8, 4) is 5.75 Å². The number of hydrogen-bond donors (Lipinski definition) is 3. The monoisotopic (exact) mass is 280 g/mol. The summed E-state index contributed by atoms with van der Waals surface area (Å²) in [5.41, 5.74) is 3.61. The number of aryl methyl sites for hydroxylation is 1. The minimum atomic E-state index is -0.188. The Morgan fingerprint density at radius 2 is 1.95 bits per heavy atom. The van der Waals surface area contributed by atoms with E-state index in [1.54, 1.807) is 25.1 Å². The lowest BCUT2D eigenvalue weighted by atomic mass is 10.1. The first-order chi connectivity index (χ1) is 10.1. The number of nitrogens with one attached hydrogen (secondary N) is 2. The third kappa shape index (κ3) is 2.25. The van der Waals surface area contributed by atoms with Crippen LogP contribution >= 0.6 is 0 Å². The zero-order chi connectivity index (χ0) is 15.0. The largest absolute Gasteiger partial charge is 0.507 e. The van der Waals surface area contributed by atoms with Gasteiger partial charge in [0.05, 0.1) is 0 Å². The zero-order valence-electron chi connectivity index (χ0n) is 11.9. The fraction of sp³-hybridized carbons (Fsp3) is 0.118. The molecule has 0 saturated carbocycles. The number of aromatic hydroxyl groups is 1. The highest BCUT2D eigenvalue weighted by Crippen LogP contribution is 2.28. The standard InChI is InChI=1S/C17H16N2O2/c1-10-6-7-14(11(2)16(10)20)19-17(21)13-4-3-5-15-12(13)8-9-18-15/h3-9,18,20H,1-2H3,(H,19,21). The molecule has 1 amide bonds. The Labute approximate surface area is 122 Å². The second-order valence-corrected chi connectivity index (χ2v) is 5.10. The summed E-state index contributed by atoms with van der Waals surface area (Å²) in [4.78, 5) is 15.6. The van der Waals surface area contributed by atoms with Crippen molar-refractivity contribution in [1.82, 2.24) is 4.98 Å². The van der Waals surface area contributed by atoms with Crippen molar-refractivity contribution in [3.05, 3.63) is 59.3 Å². The number of rotatable bonds is 2. The van der Waals surface area contributed by atoms with E-state index in [4.69, 9.17) is 0 Å². The van der Waals surface area contributed by atoms with Crippen molar-refractivity contribution in [3.63, 3.8) is 0 Å². The Morgan fingerprint density at radius 3 is 2.76 bits per heavy atom. The number of carbonyl (C=O) groups is 1. The van der Waals surface area contributed by atoms with Crippen molar-refractivity contribution < 1.29 is 9.90 Å². The summed E-state index contributed by atoms with van der Waals surface area (Å²) in [7, 11) is 0. The van der Waals surface area contributed by atoms with Crippen LogP contribution in [0.1, 0.15) is 21.5 Å². The lowest BCUT2D eigenvalue weighted by Crippen LogP contribution is -2.13. The van der Waals surface area contributed by atoms with Gasteiger partial charge in [-0.25, -0.2) is 0 Å². The third-order valence-electron chi connectivity index (χ3n) is 3.72.